The Balaban J connectivity index is 1.34. The number of nitrogens with one attached hydrogen (secondary N) is 1. The van der Waals surface area contributed by atoms with E-state index in [-0.39, 0.29) is 6.03 Å². The minimum absolute atomic E-state index is 0.0602. The molecule has 0 atom stereocenters. The Morgan fingerprint density at radius 2 is 1.73 bits per heavy atom. The van der Waals surface area contributed by atoms with Crippen LogP contribution in [-0.2, 0) is 0 Å². The van der Waals surface area contributed by atoms with E-state index >= 15 is 0 Å². The molecule has 7 heteroatoms. The highest BCUT2D eigenvalue weighted by molar-refractivity contribution is 7.13. The van der Waals surface area contributed by atoms with Crippen LogP contribution in [0.3, 0.4) is 0 Å². The summed E-state index contributed by atoms with van der Waals surface area (Å²) in [6.45, 7) is 2.81. The van der Waals surface area contributed by atoms with E-state index in [2.05, 4.69) is 20.4 Å². The zero-order valence-corrected chi connectivity index (χ0v) is 15.0. The maximum atomic E-state index is 12.4. The molecule has 1 saturated heterocycles. The van der Waals surface area contributed by atoms with Crippen molar-refractivity contribution in [3.05, 3.63) is 60.0 Å². The highest BCUT2D eigenvalue weighted by Crippen LogP contribution is 2.23. The lowest BCUT2D eigenvalue weighted by molar-refractivity contribution is 0.208. The van der Waals surface area contributed by atoms with Gasteiger partial charge < -0.3 is 15.1 Å². The summed E-state index contributed by atoms with van der Waals surface area (Å²) in [7, 11) is 0. The van der Waals surface area contributed by atoms with Gasteiger partial charge in [0, 0.05) is 31.9 Å². The molecule has 26 heavy (non-hydrogen) atoms. The van der Waals surface area contributed by atoms with Crippen molar-refractivity contribution in [2.75, 3.05) is 36.4 Å². The molecule has 0 unspecified atom stereocenters. The Hall–Kier alpha value is -2.93. The lowest BCUT2D eigenvalue weighted by Gasteiger charge is -2.35. The van der Waals surface area contributed by atoms with Crippen LogP contribution in [-0.4, -0.2) is 47.3 Å². The second-order valence-electron chi connectivity index (χ2n) is 6.02. The summed E-state index contributed by atoms with van der Waals surface area (Å²) >= 11 is 1.65. The third-order valence-corrected chi connectivity index (χ3v) is 5.23. The standard InChI is InChI=1S/C19H19N5OS/c25-19(20-15-5-2-1-3-6-15)24-12-10-23(11-13-24)18-9-8-16(21-22-18)17-7-4-14-26-17/h1-9,14H,10-13H2,(H,20,25). The summed E-state index contributed by atoms with van der Waals surface area (Å²) in [5.74, 6) is 0.855. The normalized spacial score (nSPS) is 14.3. The summed E-state index contributed by atoms with van der Waals surface area (Å²) in [6.07, 6.45) is 0. The Bertz CT molecular complexity index is 843. The van der Waals surface area contributed by atoms with Crippen LogP contribution in [0.15, 0.2) is 60.0 Å². The number of amides is 2. The summed E-state index contributed by atoms with van der Waals surface area (Å²) in [5.41, 5.74) is 1.71. The topological polar surface area (TPSA) is 61.4 Å². The minimum atomic E-state index is -0.0602. The van der Waals surface area contributed by atoms with Crippen molar-refractivity contribution in [3.63, 3.8) is 0 Å². The fourth-order valence-corrected chi connectivity index (χ4v) is 3.60. The van der Waals surface area contributed by atoms with Crippen molar-refractivity contribution < 1.29 is 4.79 Å². The zero-order valence-electron chi connectivity index (χ0n) is 14.2. The van der Waals surface area contributed by atoms with Gasteiger partial charge in [-0.1, -0.05) is 24.3 Å². The van der Waals surface area contributed by atoms with E-state index in [4.69, 9.17) is 0 Å². The molecule has 1 aliphatic rings. The number of thiophene rings is 1. The van der Waals surface area contributed by atoms with E-state index in [0.717, 1.165) is 35.2 Å². The lowest BCUT2D eigenvalue weighted by Crippen LogP contribution is -2.50. The van der Waals surface area contributed by atoms with E-state index in [1.807, 2.05) is 64.9 Å². The SMILES string of the molecule is O=C(Nc1ccccc1)N1CCN(c2ccc(-c3cccs3)nn2)CC1. The molecule has 1 N–H and O–H groups in total. The number of carbonyl (C=O) groups excluding carboxylic acids is 1. The fourth-order valence-electron chi connectivity index (χ4n) is 2.91. The van der Waals surface area contributed by atoms with E-state index in [9.17, 15) is 4.79 Å². The van der Waals surface area contributed by atoms with Crippen molar-refractivity contribution >= 4 is 28.9 Å². The fraction of sp³-hybridized carbons (Fsp3) is 0.211. The number of carbonyl (C=O) groups is 1. The monoisotopic (exact) mass is 365 g/mol. The number of aromatic nitrogens is 2. The van der Waals surface area contributed by atoms with Gasteiger partial charge in [-0.2, -0.15) is 0 Å². The third kappa shape index (κ3) is 3.67. The van der Waals surface area contributed by atoms with E-state index in [0.29, 0.717) is 13.1 Å². The lowest BCUT2D eigenvalue weighted by atomic mass is 10.3. The number of piperazine rings is 1. The van der Waals surface area contributed by atoms with Crippen molar-refractivity contribution in [2.45, 2.75) is 0 Å². The van der Waals surface area contributed by atoms with Gasteiger partial charge in [-0.05, 0) is 35.7 Å². The molecular weight excluding hydrogens is 346 g/mol. The second kappa shape index (κ2) is 7.53. The number of hydrogen-bond acceptors (Lipinski definition) is 5. The molecule has 2 aromatic heterocycles. The number of para-hydroxylation sites is 1. The number of nitrogens with zero attached hydrogens (tertiary/aromatic N) is 4. The van der Waals surface area contributed by atoms with E-state index in [1.165, 1.54) is 0 Å². The largest absolute Gasteiger partial charge is 0.352 e. The number of hydrogen-bond donors (Lipinski definition) is 1. The Morgan fingerprint density at radius 1 is 0.923 bits per heavy atom. The molecule has 1 aliphatic heterocycles. The van der Waals surface area contributed by atoms with Crippen molar-refractivity contribution in [1.82, 2.24) is 15.1 Å². The zero-order chi connectivity index (χ0) is 17.8. The number of benzene rings is 1. The molecule has 0 aliphatic carbocycles. The first-order valence-corrected chi connectivity index (χ1v) is 9.41. The summed E-state index contributed by atoms with van der Waals surface area (Å²) < 4.78 is 0. The molecule has 0 bridgehead atoms. The van der Waals surface area contributed by atoms with Crippen LogP contribution >= 0.6 is 11.3 Å². The predicted molar refractivity (Wildman–Crippen MR) is 105 cm³/mol. The Kier molecular flexibility index (Phi) is 4.79. The molecule has 0 radical (unpaired) electrons. The average Bonchev–Trinajstić information content (AvgIpc) is 3.24. The Morgan fingerprint density at radius 3 is 2.38 bits per heavy atom. The Labute approximate surface area is 156 Å². The molecule has 3 aromatic rings. The van der Waals surface area contributed by atoms with Gasteiger partial charge in [-0.3, -0.25) is 0 Å². The first-order chi connectivity index (χ1) is 12.8. The van der Waals surface area contributed by atoms with Gasteiger partial charge in [0.2, 0.25) is 0 Å². The molecule has 0 saturated carbocycles. The smallest absolute Gasteiger partial charge is 0.321 e. The molecule has 1 fully saturated rings. The number of rotatable bonds is 3. The van der Waals surface area contributed by atoms with E-state index < -0.39 is 0 Å². The van der Waals surface area contributed by atoms with Gasteiger partial charge in [-0.25, -0.2) is 4.79 Å². The van der Waals surface area contributed by atoms with Gasteiger partial charge in [0.15, 0.2) is 5.82 Å². The van der Waals surface area contributed by atoms with Gasteiger partial charge in [-0.15, -0.1) is 21.5 Å². The van der Waals surface area contributed by atoms with Crippen molar-refractivity contribution in [3.8, 4) is 10.6 Å². The summed E-state index contributed by atoms with van der Waals surface area (Å²) in [4.78, 5) is 17.5. The molecule has 3 heterocycles. The maximum Gasteiger partial charge on any atom is 0.321 e. The number of urea groups is 1. The van der Waals surface area contributed by atoms with Crippen LogP contribution in [0.25, 0.3) is 10.6 Å². The molecule has 4 rings (SSSR count). The summed E-state index contributed by atoms with van der Waals surface area (Å²) in [5, 5.41) is 13.7. The van der Waals surface area contributed by atoms with Crippen molar-refractivity contribution in [2.24, 2.45) is 0 Å². The van der Waals surface area contributed by atoms with Crippen LogP contribution in [0.1, 0.15) is 0 Å². The third-order valence-electron chi connectivity index (χ3n) is 4.34. The molecule has 6 nitrogen and oxygen atoms in total. The first-order valence-electron chi connectivity index (χ1n) is 8.53. The highest BCUT2D eigenvalue weighted by atomic mass is 32.1. The van der Waals surface area contributed by atoms with Gasteiger partial charge >= 0.3 is 6.03 Å². The van der Waals surface area contributed by atoms with Crippen LogP contribution < -0.4 is 10.2 Å². The van der Waals surface area contributed by atoms with Crippen LogP contribution in [0.2, 0.25) is 0 Å². The highest BCUT2D eigenvalue weighted by Gasteiger charge is 2.22. The summed E-state index contributed by atoms with van der Waals surface area (Å²) in [6, 6.07) is 17.5. The first kappa shape index (κ1) is 16.5. The van der Waals surface area contributed by atoms with Gasteiger partial charge in [0.05, 0.1) is 4.88 Å². The molecule has 132 valence electrons. The molecular formula is C19H19N5OS. The van der Waals surface area contributed by atoms with Crippen LogP contribution in [0, 0.1) is 0 Å². The van der Waals surface area contributed by atoms with Crippen molar-refractivity contribution in [1.29, 1.82) is 0 Å². The van der Waals surface area contributed by atoms with Gasteiger partial charge in [0.1, 0.15) is 5.69 Å². The maximum absolute atomic E-state index is 12.4. The molecule has 0 spiro atoms. The average molecular weight is 365 g/mol. The predicted octanol–water partition coefficient (Wildman–Crippen LogP) is 3.56. The van der Waals surface area contributed by atoms with Crippen LogP contribution in [0.5, 0.6) is 0 Å². The van der Waals surface area contributed by atoms with Crippen LogP contribution in [0.4, 0.5) is 16.3 Å². The second-order valence-corrected chi connectivity index (χ2v) is 6.97. The van der Waals surface area contributed by atoms with E-state index in [1.54, 1.807) is 11.3 Å². The quantitative estimate of drug-likeness (QED) is 0.771. The molecule has 2 amide bonds. The molecule has 1 aromatic carbocycles. The minimum Gasteiger partial charge on any atom is -0.352 e. The van der Waals surface area contributed by atoms with Gasteiger partial charge in [0.25, 0.3) is 0 Å². The number of anilines is 2.